The molecule has 2 fully saturated rings. The third-order valence-corrected chi connectivity index (χ3v) is 5.41. The Morgan fingerprint density at radius 3 is 2.42 bits per heavy atom. The highest BCUT2D eigenvalue weighted by Gasteiger charge is 2.33. The van der Waals surface area contributed by atoms with E-state index < -0.39 is 17.9 Å². The Morgan fingerprint density at radius 2 is 1.73 bits per heavy atom. The molecule has 0 amide bonds. The SMILES string of the molecule is CC1(COC(=O)OCc2ccc(B3OCCCO3)cc2)COC(/C=C/c2ccccc2)OC1. The van der Waals surface area contributed by atoms with Gasteiger partial charge in [0.1, 0.15) is 13.2 Å². The van der Waals surface area contributed by atoms with Crippen molar-refractivity contribution >= 4 is 24.8 Å². The van der Waals surface area contributed by atoms with E-state index in [0.29, 0.717) is 26.4 Å². The van der Waals surface area contributed by atoms with Crippen molar-refractivity contribution in [1.82, 2.24) is 0 Å². The maximum absolute atomic E-state index is 12.1. The van der Waals surface area contributed by atoms with Crippen molar-refractivity contribution in [1.29, 1.82) is 0 Å². The Bertz CT molecular complexity index is 902. The van der Waals surface area contributed by atoms with Crippen LogP contribution in [0.1, 0.15) is 24.5 Å². The van der Waals surface area contributed by atoms with Gasteiger partial charge >= 0.3 is 13.3 Å². The Hall–Kier alpha value is -2.65. The standard InChI is InChI=1S/C25H29BO7/c1-25(17-29-23(30-18-25)13-10-20-6-3-2-4-7-20)19-31-24(27)28-16-21-8-11-22(12-9-21)26-32-14-5-15-33-26/h2-4,6-13,23H,5,14-19H2,1H3/b13-10+. The highest BCUT2D eigenvalue weighted by atomic mass is 16.7. The first-order valence-electron chi connectivity index (χ1n) is 11.2. The first-order valence-corrected chi connectivity index (χ1v) is 11.2. The molecule has 2 aliphatic heterocycles. The third kappa shape index (κ3) is 7.17. The van der Waals surface area contributed by atoms with Crippen LogP contribution in [-0.2, 0) is 34.9 Å². The highest BCUT2D eigenvalue weighted by Crippen LogP contribution is 2.25. The second-order valence-electron chi connectivity index (χ2n) is 8.57. The van der Waals surface area contributed by atoms with Gasteiger partial charge in [0, 0.05) is 18.6 Å². The van der Waals surface area contributed by atoms with Crippen molar-refractivity contribution < 1.29 is 33.1 Å². The van der Waals surface area contributed by atoms with Gasteiger partial charge in [0.25, 0.3) is 0 Å². The van der Waals surface area contributed by atoms with E-state index in [9.17, 15) is 4.79 Å². The molecule has 0 aromatic heterocycles. The van der Waals surface area contributed by atoms with Crippen molar-refractivity contribution in [3.63, 3.8) is 0 Å². The van der Waals surface area contributed by atoms with E-state index in [1.54, 1.807) is 0 Å². The number of hydrogen-bond acceptors (Lipinski definition) is 7. The molecule has 0 spiro atoms. The van der Waals surface area contributed by atoms with E-state index in [0.717, 1.165) is 23.0 Å². The van der Waals surface area contributed by atoms with Gasteiger partial charge in [0.15, 0.2) is 6.29 Å². The smallest absolute Gasteiger partial charge is 0.434 e. The van der Waals surface area contributed by atoms with Crippen molar-refractivity contribution in [3.05, 3.63) is 71.8 Å². The fraction of sp³-hybridized carbons (Fsp3) is 0.400. The fourth-order valence-corrected chi connectivity index (χ4v) is 3.47. The zero-order valence-corrected chi connectivity index (χ0v) is 18.8. The second-order valence-corrected chi connectivity index (χ2v) is 8.57. The van der Waals surface area contributed by atoms with Gasteiger partial charge in [-0.3, -0.25) is 0 Å². The van der Waals surface area contributed by atoms with Gasteiger partial charge < -0.3 is 28.3 Å². The molecular formula is C25H29BO7. The maximum atomic E-state index is 12.1. The van der Waals surface area contributed by atoms with E-state index in [1.165, 1.54) is 0 Å². The minimum Gasteiger partial charge on any atom is -0.434 e. The summed E-state index contributed by atoms with van der Waals surface area (Å²) >= 11 is 0. The zero-order valence-electron chi connectivity index (χ0n) is 18.8. The van der Waals surface area contributed by atoms with Crippen LogP contribution in [0.4, 0.5) is 4.79 Å². The largest absolute Gasteiger partial charge is 0.508 e. The van der Waals surface area contributed by atoms with Crippen LogP contribution < -0.4 is 5.46 Å². The van der Waals surface area contributed by atoms with Gasteiger partial charge in [-0.05, 0) is 29.1 Å². The molecule has 7 nitrogen and oxygen atoms in total. The summed E-state index contributed by atoms with van der Waals surface area (Å²) in [6.45, 7) is 4.44. The van der Waals surface area contributed by atoms with Crippen LogP contribution in [0, 0.1) is 5.41 Å². The van der Waals surface area contributed by atoms with Crippen LogP contribution in [0.5, 0.6) is 0 Å². The fourth-order valence-electron chi connectivity index (χ4n) is 3.47. The second kappa shape index (κ2) is 11.5. The Morgan fingerprint density at radius 1 is 1.03 bits per heavy atom. The molecule has 0 N–H and O–H groups in total. The van der Waals surface area contributed by atoms with Gasteiger partial charge in [-0.15, -0.1) is 0 Å². The summed E-state index contributed by atoms with van der Waals surface area (Å²) < 4.78 is 33.3. The van der Waals surface area contributed by atoms with E-state index >= 15 is 0 Å². The summed E-state index contributed by atoms with van der Waals surface area (Å²) in [6.07, 6.45) is 3.61. The lowest BCUT2D eigenvalue weighted by molar-refractivity contribution is -0.210. The van der Waals surface area contributed by atoms with Crippen molar-refractivity contribution in [2.24, 2.45) is 5.41 Å². The van der Waals surface area contributed by atoms with Crippen LogP contribution >= 0.6 is 0 Å². The molecule has 0 atom stereocenters. The molecule has 0 bridgehead atoms. The summed E-state index contributed by atoms with van der Waals surface area (Å²) in [7, 11) is -0.326. The van der Waals surface area contributed by atoms with Gasteiger partial charge in [-0.25, -0.2) is 4.79 Å². The molecular weight excluding hydrogens is 423 g/mol. The van der Waals surface area contributed by atoms with Crippen LogP contribution in [0.15, 0.2) is 60.7 Å². The average Bonchev–Trinajstić information content (AvgIpc) is 2.87. The molecule has 4 rings (SSSR count). The number of ether oxygens (including phenoxy) is 4. The maximum Gasteiger partial charge on any atom is 0.508 e. The summed E-state index contributed by atoms with van der Waals surface area (Å²) in [6, 6.07) is 17.6. The van der Waals surface area contributed by atoms with Gasteiger partial charge in [-0.1, -0.05) is 67.6 Å². The van der Waals surface area contributed by atoms with Gasteiger partial charge in [0.05, 0.1) is 13.2 Å². The van der Waals surface area contributed by atoms with Crippen LogP contribution in [0.25, 0.3) is 6.08 Å². The van der Waals surface area contributed by atoms with Crippen LogP contribution in [0.2, 0.25) is 0 Å². The number of carbonyl (C=O) groups excluding carboxylic acids is 1. The van der Waals surface area contributed by atoms with Crippen molar-refractivity contribution in [2.75, 3.05) is 33.0 Å². The Labute approximate surface area is 194 Å². The lowest BCUT2D eigenvalue weighted by Gasteiger charge is -2.35. The molecule has 8 heteroatoms. The molecule has 0 aliphatic carbocycles. The molecule has 2 aromatic carbocycles. The first kappa shape index (κ1) is 23.5. The van der Waals surface area contributed by atoms with E-state index in [-0.39, 0.29) is 20.3 Å². The summed E-state index contributed by atoms with van der Waals surface area (Å²) in [5.41, 5.74) is 2.45. The first-order chi connectivity index (χ1) is 16.1. The quantitative estimate of drug-likeness (QED) is 0.470. The van der Waals surface area contributed by atoms with E-state index in [4.69, 9.17) is 28.3 Å². The Balaban J connectivity index is 1.16. The van der Waals surface area contributed by atoms with Crippen molar-refractivity contribution in [3.8, 4) is 0 Å². The predicted octanol–water partition coefficient (Wildman–Crippen LogP) is 3.56. The van der Waals surface area contributed by atoms with Gasteiger partial charge in [0.2, 0.25) is 0 Å². The number of hydrogen-bond donors (Lipinski definition) is 0. The van der Waals surface area contributed by atoms with E-state index in [1.807, 2.05) is 73.7 Å². The predicted molar refractivity (Wildman–Crippen MR) is 124 cm³/mol. The van der Waals surface area contributed by atoms with E-state index in [2.05, 4.69) is 0 Å². The molecule has 2 aromatic rings. The molecule has 0 unspecified atom stereocenters. The third-order valence-electron chi connectivity index (χ3n) is 5.41. The normalized spacial score (nSPS) is 23.4. The minimum atomic E-state index is -0.717. The zero-order chi connectivity index (χ0) is 22.9. The average molecular weight is 452 g/mol. The molecule has 2 aliphatic rings. The summed E-state index contributed by atoms with van der Waals surface area (Å²) in [4.78, 5) is 12.1. The topological polar surface area (TPSA) is 72.5 Å². The lowest BCUT2D eigenvalue weighted by atomic mass is 9.78. The highest BCUT2D eigenvalue weighted by molar-refractivity contribution is 6.61. The number of carbonyl (C=O) groups is 1. The molecule has 174 valence electrons. The van der Waals surface area contributed by atoms with Crippen LogP contribution in [0.3, 0.4) is 0 Å². The molecule has 0 saturated carbocycles. The van der Waals surface area contributed by atoms with Crippen LogP contribution in [-0.4, -0.2) is 52.6 Å². The molecule has 2 saturated heterocycles. The lowest BCUT2D eigenvalue weighted by Crippen LogP contribution is -2.42. The Kier molecular flexibility index (Phi) is 8.17. The summed E-state index contributed by atoms with van der Waals surface area (Å²) in [5, 5.41) is 0. The molecule has 33 heavy (non-hydrogen) atoms. The van der Waals surface area contributed by atoms with Crippen molar-refractivity contribution in [2.45, 2.75) is 26.2 Å². The number of benzene rings is 2. The monoisotopic (exact) mass is 452 g/mol. The minimum absolute atomic E-state index is 0.127. The molecule has 2 heterocycles. The van der Waals surface area contributed by atoms with Gasteiger partial charge in [-0.2, -0.15) is 0 Å². The summed E-state index contributed by atoms with van der Waals surface area (Å²) in [5.74, 6) is 0. The molecule has 0 radical (unpaired) electrons. The number of rotatable bonds is 7.